The van der Waals surface area contributed by atoms with Crippen LogP contribution in [0.3, 0.4) is 0 Å². The molecule has 0 unspecified atom stereocenters. The van der Waals surface area contributed by atoms with Gasteiger partial charge in [-0.3, -0.25) is 0 Å². The summed E-state index contributed by atoms with van der Waals surface area (Å²) in [5.74, 6) is 0. The van der Waals surface area contributed by atoms with Crippen LogP contribution in [0.1, 0.15) is 22.3 Å². The quantitative estimate of drug-likeness (QED) is 0.656. The lowest BCUT2D eigenvalue weighted by Gasteiger charge is -2.09. The second-order valence-corrected chi connectivity index (χ2v) is 6.85. The lowest BCUT2D eigenvalue weighted by atomic mass is 10.1. The van der Waals surface area contributed by atoms with E-state index in [1.54, 1.807) is 0 Å². The standard InChI is InChI=1S/C16H18S2/c1-11-8-9-13(3)16(10-11)18-17-15-7-5-6-12(2)14(15)4/h5-10H,1-4H3. The van der Waals surface area contributed by atoms with E-state index in [0.29, 0.717) is 0 Å². The number of benzene rings is 2. The largest absolute Gasteiger partial charge is 0.0608 e. The Balaban J connectivity index is 2.16. The van der Waals surface area contributed by atoms with Crippen molar-refractivity contribution in [3.63, 3.8) is 0 Å². The minimum Gasteiger partial charge on any atom is -0.0608 e. The molecule has 0 bridgehead atoms. The first kappa shape index (κ1) is 13.6. The molecular formula is C16H18S2. The van der Waals surface area contributed by atoms with E-state index in [1.165, 1.54) is 32.0 Å². The third kappa shape index (κ3) is 3.12. The first-order valence-corrected chi connectivity index (χ1v) is 8.21. The summed E-state index contributed by atoms with van der Waals surface area (Å²) >= 11 is 0. The first-order chi connectivity index (χ1) is 8.58. The normalized spacial score (nSPS) is 10.7. The number of hydrogen-bond donors (Lipinski definition) is 0. The zero-order valence-corrected chi connectivity index (χ0v) is 12.9. The Labute approximate surface area is 118 Å². The summed E-state index contributed by atoms with van der Waals surface area (Å²) in [5, 5.41) is 0. The molecule has 0 amide bonds. The highest BCUT2D eigenvalue weighted by Gasteiger charge is 2.05. The molecule has 2 rings (SSSR count). The molecule has 18 heavy (non-hydrogen) atoms. The van der Waals surface area contributed by atoms with Crippen molar-refractivity contribution < 1.29 is 0 Å². The molecule has 0 nitrogen and oxygen atoms in total. The molecule has 94 valence electrons. The predicted molar refractivity (Wildman–Crippen MR) is 83.5 cm³/mol. The van der Waals surface area contributed by atoms with Crippen LogP contribution in [0.2, 0.25) is 0 Å². The van der Waals surface area contributed by atoms with Gasteiger partial charge < -0.3 is 0 Å². The molecule has 0 saturated heterocycles. The maximum atomic E-state index is 2.26. The Morgan fingerprint density at radius 2 is 1.44 bits per heavy atom. The van der Waals surface area contributed by atoms with Gasteiger partial charge in [0.1, 0.15) is 0 Å². The fourth-order valence-electron chi connectivity index (χ4n) is 1.70. The molecule has 2 heteroatoms. The molecule has 0 heterocycles. The van der Waals surface area contributed by atoms with Crippen molar-refractivity contribution in [3.05, 3.63) is 58.7 Å². The summed E-state index contributed by atoms with van der Waals surface area (Å²) in [6.07, 6.45) is 0. The maximum Gasteiger partial charge on any atom is 0.0218 e. The average Bonchev–Trinajstić information content (AvgIpc) is 2.35. The number of rotatable bonds is 3. The van der Waals surface area contributed by atoms with Crippen molar-refractivity contribution in [3.8, 4) is 0 Å². The van der Waals surface area contributed by atoms with Crippen LogP contribution < -0.4 is 0 Å². The lowest BCUT2D eigenvalue weighted by molar-refractivity contribution is 1.23. The Kier molecular flexibility index (Phi) is 4.41. The molecule has 0 aliphatic carbocycles. The van der Waals surface area contributed by atoms with E-state index in [4.69, 9.17) is 0 Å². The number of hydrogen-bond acceptors (Lipinski definition) is 2. The van der Waals surface area contributed by atoms with Crippen molar-refractivity contribution in [1.29, 1.82) is 0 Å². The Hall–Kier alpha value is -0.860. The van der Waals surface area contributed by atoms with E-state index in [-0.39, 0.29) is 0 Å². The van der Waals surface area contributed by atoms with Gasteiger partial charge in [0.05, 0.1) is 0 Å². The van der Waals surface area contributed by atoms with Crippen molar-refractivity contribution in [2.75, 3.05) is 0 Å². The van der Waals surface area contributed by atoms with Crippen LogP contribution in [-0.4, -0.2) is 0 Å². The topological polar surface area (TPSA) is 0 Å². The van der Waals surface area contributed by atoms with Gasteiger partial charge in [0, 0.05) is 9.79 Å². The second kappa shape index (κ2) is 5.85. The van der Waals surface area contributed by atoms with E-state index in [0.717, 1.165) is 0 Å². The smallest absolute Gasteiger partial charge is 0.0218 e. The van der Waals surface area contributed by atoms with Crippen LogP contribution in [0, 0.1) is 27.7 Å². The van der Waals surface area contributed by atoms with Gasteiger partial charge in [-0.15, -0.1) is 0 Å². The highest BCUT2D eigenvalue weighted by Crippen LogP contribution is 2.40. The van der Waals surface area contributed by atoms with Crippen LogP contribution >= 0.6 is 21.6 Å². The molecule has 0 spiro atoms. The summed E-state index contributed by atoms with van der Waals surface area (Å²) in [7, 11) is 3.71. The summed E-state index contributed by atoms with van der Waals surface area (Å²) in [6.45, 7) is 8.68. The van der Waals surface area contributed by atoms with Crippen LogP contribution in [0.4, 0.5) is 0 Å². The SMILES string of the molecule is Cc1ccc(C)c(SSc2cccc(C)c2C)c1. The highest BCUT2D eigenvalue weighted by molar-refractivity contribution is 8.76. The Morgan fingerprint density at radius 1 is 0.722 bits per heavy atom. The van der Waals surface area contributed by atoms with Crippen molar-refractivity contribution in [2.24, 2.45) is 0 Å². The monoisotopic (exact) mass is 274 g/mol. The molecule has 0 aromatic heterocycles. The molecule has 0 saturated carbocycles. The third-order valence-electron chi connectivity index (χ3n) is 3.12. The summed E-state index contributed by atoms with van der Waals surface area (Å²) in [4.78, 5) is 2.72. The van der Waals surface area contributed by atoms with Crippen LogP contribution in [0.5, 0.6) is 0 Å². The second-order valence-electron chi connectivity index (χ2n) is 4.63. The Bertz CT molecular complexity index is 557. The van der Waals surface area contributed by atoms with Gasteiger partial charge >= 0.3 is 0 Å². The maximum absolute atomic E-state index is 2.26. The van der Waals surface area contributed by atoms with Crippen LogP contribution in [0.25, 0.3) is 0 Å². The van der Waals surface area contributed by atoms with Crippen molar-refractivity contribution in [2.45, 2.75) is 37.5 Å². The molecule has 0 aliphatic heterocycles. The lowest BCUT2D eigenvalue weighted by Crippen LogP contribution is -1.83. The van der Waals surface area contributed by atoms with Gasteiger partial charge in [-0.1, -0.05) is 45.9 Å². The molecule has 0 fully saturated rings. The Morgan fingerprint density at radius 3 is 2.22 bits per heavy atom. The third-order valence-corrected chi connectivity index (χ3v) is 5.77. The molecule has 0 radical (unpaired) electrons. The van der Waals surface area contributed by atoms with Gasteiger partial charge in [0.2, 0.25) is 0 Å². The van der Waals surface area contributed by atoms with Gasteiger partial charge in [-0.05, 0) is 62.1 Å². The molecule has 0 aliphatic rings. The fraction of sp³-hybridized carbons (Fsp3) is 0.250. The average molecular weight is 274 g/mol. The number of aryl methyl sites for hydroxylation is 3. The highest BCUT2D eigenvalue weighted by atomic mass is 33.1. The van der Waals surface area contributed by atoms with E-state index in [9.17, 15) is 0 Å². The van der Waals surface area contributed by atoms with Gasteiger partial charge in [-0.2, -0.15) is 0 Å². The van der Waals surface area contributed by atoms with E-state index in [2.05, 4.69) is 64.1 Å². The van der Waals surface area contributed by atoms with Crippen LogP contribution in [0.15, 0.2) is 46.2 Å². The molecule has 2 aromatic rings. The molecular weight excluding hydrogens is 256 g/mol. The van der Waals surface area contributed by atoms with Crippen molar-refractivity contribution >= 4 is 21.6 Å². The minimum absolute atomic E-state index is 1.32. The first-order valence-electron chi connectivity index (χ1n) is 6.06. The van der Waals surface area contributed by atoms with E-state index in [1.807, 2.05) is 21.6 Å². The summed E-state index contributed by atoms with van der Waals surface area (Å²) in [5.41, 5.74) is 5.43. The van der Waals surface area contributed by atoms with Crippen LogP contribution in [-0.2, 0) is 0 Å². The molecule has 2 aromatic carbocycles. The summed E-state index contributed by atoms with van der Waals surface area (Å²) < 4.78 is 0. The fourth-order valence-corrected chi connectivity index (χ4v) is 4.35. The van der Waals surface area contributed by atoms with E-state index < -0.39 is 0 Å². The zero-order valence-electron chi connectivity index (χ0n) is 11.3. The zero-order chi connectivity index (χ0) is 13.1. The molecule has 0 N–H and O–H groups in total. The summed E-state index contributed by atoms with van der Waals surface area (Å²) in [6, 6.07) is 13.1. The van der Waals surface area contributed by atoms with Gasteiger partial charge in [0.25, 0.3) is 0 Å². The van der Waals surface area contributed by atoms with Crippen molar-refractivity contribution in [1.82, 2.24) is 0 Å². The minimum atomic E-state index is 1.32. The predicted octanol–water partition coefficient (Wildman–Crippen LogP) is 5.72. The van der Waals surface area contributed by atoms with Gasteiger partial charge in [0.15, 0.2) is 0 Å². The van der Waals surface area contributed by atoms with E-state index >= 15 is 0 Å². The van der Waals surface area contributed by atoms with Gasteiger partial charge in [-0.25, -0.2) is 0 Å². The molecule has 0 atom stereocenters.